The van der Waals surface area contributed by atoms with Gasteiger partial charge in [0.2, 0.25) is 11.8 Å². The van der Waals surface area contributed by atoms with E-state index in [1.807, 2.05) is 0 Å². The maximum atomic E-state index is 13.8. The van der Waals surface area contributed by atoms with Crippen molar-refractivity contribution in [3.05, 3.63) is 80.1 Å². The van der Waals surface area contributed by atoms with Crippen LogP contribution >= 0.6 is 24.2 Å². The van der Waals surface area contributed by atoms with E-state index in [9.17, 15) is 18.4 Å². The van der Waals surface area contributed by atoms with Crippen molar-refractivity contribution in [2.24, 2.45) is 11.5 Å². The number of halogens is 3. The van der Waals surface area contributed by atoms with E-state index in [4.69, 9.17) is 27.5 Å². The number of aromatic nitrogens is 2. The number of rotatable bonds is 4. The molecule has 0 spiro atoms. The zero-order valence-electron chi connectivity index (χ0n) is 15.9. The summed E-state index contributed by atoms with van der Waals surface area (Å²) >= 11 is 9.64. The first-order chi connectivity index (χ1) is 14.0. The number of hydrogen-bond donors (Lipinski definition) is 4. The van der Waals surface area contributed by atoms with Crippen LogP contribution in [0.15, 0.2) is 44.4 Å². The van der Waals surface area contributed by atoms with E-state index in [1.165, 1.54) is 13.0 Å². The fraction of sp³-hybridized carbons (Fsp3) is 0.211. The Kier molecular flexibility index (Phi) is 7.77. The van der Waals surface area contributed by atoms with E-state index in [-0.39, 0.29) is 17.0 Å². The molecule has 0 fully saturated rings. The lowest BCUT2D eigenvalue weighted by Gasteiger charge is -2.20. The second-order valence-electron chi connectivity index (χ2n) is 6.36. The van der Waals surface area contributed by atoms with Gasteiger partial charge in [-0.3, -0.25) is 4.79 Å². The van der Waals surface area contributed by atoms with Gasteiger partial charge in [0.25, 0.3) is 0 Å². The number of nitrogens with two attached hydrogens (primary N) is 2. The lowest BCUT2D eigenvalue weighted by Crippen LogP contribution is -2.20. The van der Waals surface area contributed by atoms with Crippen molar-refractivity contribution in [2.75, 3.05) is 0 Å². The van der Waals surface area contributed by atoms with E-state index in [1.54, 1.807) is 19.1 Å². The average Bonchev–Trinajstić information content (AvgIpc) is 3.13. The van der Waals surface area contributed by atoms with Gasteiger partial charge in [-0.2, -0.15) is 0 Å². The largest absolute Gasteiger partial charge is 0.434 e. The van der Waals surface area contributed by atoms with Crippen LogP contribution in [-0.2, 0) is 0 Å². The minimum atomic E-state index is -0.853. The lowest BCUT2D eigenvalue weighted by molar-refractivity contribution is 0.0997. The van der Waals surface area contributed by atoms with Crippen LogP contribution in [0.5, 0.6) is 0 Å². The monoisotopic (exact) mass is 456 g/mol. The number of thiol groups is 1. The van der Waals surface area contributed by atoms with Crippen molar-refractivity contribution in [2.45, 2.75) is 30.7 Å². The molecule has 0 aliphatic heterocycles. The molecule has 3 aromatic rings. The number of primary amides is 1. The number of carbonyl (C=O) groups excluding carboxylic acids is 1. The molecule has 2 unspecified atom stereocenters. The first kappa shape index (κ1) is 23.6. The van der Waals surface area contributed by atoms with E-state index in [0.29, 0.717) is 15.5 Å². The molecule has 0 saturated heterocycles. The second kappa shape index (κ2) is 9.88. The lowest BCUT2D eigenvalue weighted by atomic mass is 9.89. The molecule has 11 heteroatoms. The summed E-state index contributed by atoms with van der Waals surface area (Å²) in [7, 11) is 0. The summed E-state index contributed by atoms with van der Waals surface area (Å²) in [6, 6.07) is 6.02. The van der Waals surface area contributed by atoms with E-state index in [2.05, 4.69) is 22.8 Å². The van der Waals surface area contributed by atoms with Crippen molar-refractivity contribution in [3.63, 3.8) is 0 Å². The summed E-state index contributed by atoms with van der Waals surface area (Å²) < 4.78 is 32.0. The summed E-state index contributed by atoms with van der Waals surface area (Å²) in [6.07, 6.45) is 0. The molecule has 30 heavy (non-hydrogen) atoms. The number of aromatic amines is 1. The first-order valence-electron chi connectivity index (χ1n) is 8.56. The van der Waals surface area contributed by atoms with Gasteiger partial charge in [-0.25, -0.2) is 18.7 Å². The number of carbonyl (C=O) groups is 1. The molecule has 0 saturated carbocycles. The fourth-order valence-corrected chi connectivity index (χ4v) is 3.13. The molecule has 0 aliphatic carbocycles. The minimum absolute atomic E-state index is 0.0411. The van der Waals surface area contributed by atoms with E-state index >= 15 is 0 Å². The standard InChI is InChI=1S/C12H13F2N3O2.C7H6ClNOS/c1-5-7(13)3-4-8(14)9(5)6(2)10(15)11-16-17-12(18)19-11;8-4-1-2-6(11)5(3-4)7(9)10/h3-4,6,10H,15H2,1-2H3,(H,17,18);1-3,11H,(H2,9,10). The van der Waals surface area contributed by atoms with Gasteiger partial charge in [-0.1, -0.05) is 18.5 Å². The third kappa shape index (κ3) is 5.47. The smallest absolute Gasteiger partial charge is 0.391 e. The van der Waals surface area contributed by atoms with Gasteiger partial charge in [-0.05, 0) is 48.4 Å². The maximum absolute atomic E-state index is 13.8. The highest BCUT2D eigenvalue weighted by molar-refractivity contribution is 7.80. The molecule has 0 radical (unpaired) electrons. The summed E-state index contributed by atoms with van der Waals surface area (Å²) in [4.78, 5) is 22.1. The third-order valence-electron chi connectivity index (χ3n) is 4.35. The first-order valence-corrected chi connectivity index (χ1v) is 9.39. The Bertz CT molecular complexity index is 1120. The zero-order chi connectivity index (χ0) is 22.6. The van der Waals surface area contributed by atoms with Crippen LogP contribution in [0.1, 0.15) is 46.3 Å². The Labute approximate surface area is 180 Å². The highest BCUT2D eigenvalue weighted by Gasteiger charge is 2.26. The molecule has 1 amide bonds. The van der Waals surface area contributed by atoms with E-state index < -0.39 is 35.3 Å². The Morgan fingerprint density at radius 1 is 1.27 bits per heavy atom. The SMILES string of the molecule is Cc1c(F)ccc(F)c1C(C)C(N)c1n[nH]c(=O)o1.NC(=O)c1cc(Cl)ccc1S. The molecule has 160 valence electrons. The van der Waals surface area contributed by atoms with Gasteiger partial charge in [0.1, 0.15) is 11.6 Å². The van der Waals surface area contributed by atoms with Crippen molar-refractivity contribution < 1.29 is 18.0 Å². The predicted molar refractivity (Wildman–Crippen MR) is 111 cm³/mol. The summed E-state index contributed by atoms with van der Waals surface area (Å²) in [5, 5.41) is 6.16. The van der Waals surface area contributed by atoms with Gasteiger partial charge in [0.05, 0.1) is 11.6 Å². The predicted octanol–water partition coefficient (Wildman–Crippen LogP) is 3.48. The molecule has 7 nitrogen and oxygen atoms in total. The van der Waals surface area contributed by atoms with Crippen LogP contribution in [0.4, 0.5) is 8.78 Å². The normalized spacial score (nSPS) is 12.6. The van der Waals surface area contributed by atoms with Crippen molar-refractivity contribution in [3.8, 4) is 0 Å². The van der Waals surface area contributed by atoms with Gasteiger partial charge in [-0.15, -0.1) is 17.7 Å². The zero-order valence-corrected chi connectivity index (χ0v) is 17.6. The molecule has 1 aromatic heterocycles. The molecule has 1 heterocycles. The number of H-pyrrole nitrogens is 1. The van der Waals surface area contributed by atoms with Crippen molar-refractivity contribution in [1.29, 1.82) is 0 Å². The number of nitrogens with zero attached hydrogens (tertiary/aromatic N) is 1. The molecule has 0 aliphatic rings. The number of benzene rings is 2. The van der Waals surface area contributed by atoms with Crippen LogP contribution in [0.25, 0.3) is 0 Å². The molecular formula is C19H19ClF2N4O3S. The van der Waals surface area contributed by atoms with E-state index in [0.717, 1.165) is 12.1 Å². The maximum Gasteiger partial charge on any atom is 0.434 e. The number of amides is 1. The summed E-state index contributed by atoms with van der Waals surface area (Å²) in [5.41, 5.74) is 11.6. The molecule has 2 atom stereocenters. The molecule has 3 rings (SSSR count). The Hall–Kier alpha value is -2.69. The average molecular weight is 457 g/mol. The van der Waals surface area contributed by atoms with Crippen molar-refractivity contribution in [1.82, 2.24) is 10.2 Å². The van der Waals surface area contributed by atoms with Crippen LogP contribution in [0.3, 0.4) is 0 Å². The van der Waals surface area contributed by atoms with Crippen molar-refractivity contribution >= 4 is 30.1 Å². The highest BCUT2D eigenvalue weighted by atomic mass is 35.5. The molecule has 5 N–H and O–H groups in total. The minimum Gasteiger partial charge on any atom is -0.391 e. The van der Waals surface area contributed by atoms with Gasteiger partial charge >= 0.3 is 5.76 Å². The number of hydrogen-bond acceptors (Lipinski definition) is 6. The van der Waals surface area contributed by atoms with Crippen LogP contribution in [-0.4, -0.2) is 16.1 Å². The van der Waals surface area contributed by atoms with Gasteiger partial charge in [0.15, 0.2) is 0 Å². The third-order valence-corrected chi connectivity index (χ3v) is 4.98. The molecule has 0 bridgehead atoms. The molecule has 2 aromatic carbocycles. The summed E-state index contributed by atoms with van der Waals surface area (Å²) in [6.45, 7) is 3.09. The van der Waals surface area contributed by atoms with Crippen LogP contribution in [0.2, 0.25) is 5.02 Å². The fourth-order valence-electron chi connectivity index (χ4n) is 2.71. The van der Waals surface area contributed by atoms with Gasteiger partial charge in [0, 0.05) is 15.8 Å². The topological polar surface area (TPSA) is 128 Å². The molecular weight excluding hydrogens is 438 g/mol. The Morgan fingerprint density at radius 3 is 2.43 bits per heavy atom. The van der Waals surface area contributed by atoms with Crippen LogP contribution < -0.4 is 17.2 Å². The number of nitrogens with one attached hydrogen (secondary N) is 1. The summed E-state index contributed by atoms with van der Waals surface area (Å²) in [5.74, 6) is -2.96. The second-order valence-corrected chi connectivity index (χ2v) is 7.28. The Balaban J connectivity index is 0.000000248. The highest BCUT2D eigenvalue weighted by Crippen LogP contribution is 2.32. The van der Waals surface area contributed by atoms with Crippen LogP contribution in [0, 0.1) is 18.6 Å². The quantitative estimate of drug-likeness (QED) is 0.447. The van der Waals surface area contributed by atoms with Gasteiger partial charge < -0.3 is 15.9 Å². The Morgan fingerprint density at radius 2 is 1.90 bits per heavy atom.